The van der Waals surface area contributed by atoms with E-state index in [0.717, 1.165) is 17.3 Å². The van der Waals surface area contributed by atoms with Crippen LogP contribution in [0.15, 0.2) is 12.1 Å². The monoisotopic (exact) mass is 287 g/mol. The first kappa shape index (κ1) is 14.7. The highest BCUT2D eigenvalue weighted by molar-refractivity contribution is 5.67. The van der Waals surface area contributed by atoms with Gasteiger partial charge in [0, 0.05) is 11.5 Å². The molecular weight excluding hydrogens is 258 g/mol. The van der Waals surface area contributed by atoms with Crippen LogP contribution in [0.2, 0.25) is 0 Å². The second-order valence-electron chi connectivity index (χ2n) is 7.28. The summed E-state index contributed by atoms with van der Waals surface area (Å²) < 4.78 is 0. The van der Waals surface area contributed by atoms with Crippen molar-refractivity contribution >= 4 is 11.4 Å². The molecule has 1 aliphatic carbocycles. The highest BCUT2D eigenvalue weighted by atomic mass is 15.1. The Kier molecular flexibility index (Phi) is 3.64. The lowest BCUT2D eigenvalue weighted by molar-refractivity contribution is 0.0226. The predicted molar refractivity (Wildman–Crippen MR) is 90.3 cm³/mol. The van der Waals surface area contributed by atoms with Gasteiger partial charge in [0.25, 0.3) is 0 Å². The highest BCUT2D eigenvalue weighted by Gasteiger charge is 2.48. The maximum Gasteiger partial charge on any atom is 0.0550 e. The molecule has 1 aromatic carbocycles. The molecule has 1 saturated carbocycles. The van der Waals surface area contributed by atoms with Crippen molar-refractivity contribution in [2.24, 2.45) is 5.92 Å². The van der Waals surface area contributed by atoms with E-state index < -0.39 is 0 Å². The Balaban J connectivity index is 2.10. The van der Waals surface area contributed by atoms with E-state index in [-0.39, 0.29) is 0 Å². The van der Waals surface area contributed by atoms with Crippen molar-refractivity contribution in [2.75, 3.05) is 25.1 Å². The number of anilines is 2. The summed E-state index contributed by atoms with van der Waals surface area (Å²) in [4.78, 5) is 2.53. The molecule has 3 nitrogen and oxygen atoms in total. The third-order valence-corrected chi connectivity index (χ3v) is 6.25. The molecule has 21 heavy (non-hydrogen) atoms. The lowest BCUT2D eigenvalue weighted by Gasteiger charge is -2.54. The summed E-state index contributed by atoms with van der Waals surface area (Å²) >= 11 is 0. The van der Waals surface area contributed by atoms with Gasteiger partial charge in [-0.1, -0.05) is 12.8 Å². The molecule has 0 spiro atoms. The fraction of sp³-hybridized carbons (Fsp3) is 0.667. The summed E-state index contributed by atoms with van der Waals surface area (Å²) in [6.45, 7) is 5.79. The number of hydrogen-bond acceptors (Lipinski definition) is 3. The molecule has 1 saturated heterocycles. The molecule has 1 heterocycles. The SMILES string of the molecule is Cc1cc(N)c(N)cc1C12CCCCC1C(C)N(C)CC2. The maximum absolute atomic E-state index is 6.14. The molecule has 3 rings (SSSR count). The first-order valence-corrected chi connectivity index (χ1v) is 8.32. The first-order valence-electron chi connectivity index (χ1n) is 8.32. The Morgan fingerprint density at radius 1 is 1.14 bits per heavy atom. The summed E-state index contributed by atoms with van der Waals surface area (Å²) in [5, 5.41) is 0. The number of likely N-dealkylation sites (tertiary alicyclic amines) is 1. The topological polar surface area (TPSA) is 55.3 Å². The number of nitrogen functional groups attached to an aromatic ring is 2. The van der Waals surface area contributed by atoms with Crippen LogP contribution in [0.4, 0.5) is 11.4 Å². The second-order valence-corrected chi connectivity index (χ2v) is 7.28. The largest absolute Gasteiger partial charge is 0.397 e. The normalized spacial score (nSPS) is 33.7. The zero-order valence-electron chi connectivity index (χ0n) is 13.7. The van der Waals surface area contributed by atoms with Gasteiger partial charge in [-0.2, -0.15) is 0 Å². The first-order chi connectivity index (χ1) is 9.95. The van der Waals surface area contributed by atoms with Crippen molar-refractivity contribution in [3.8, 4) is 0 Å². The number of benzene rings is 1. The quantitative estimate of drug-likeness (QED) is 0.779. The van der Waals surface area contributed by atoms with E-state index >= 15 is 0 Å². The lowest BCUT2D eigenvalue weighted by atomic mass is 9.56. The van der Waals surface area contributed by atoms with Crippen LogP contribution in [0.3, 0.4) is 0 Å². The fourth-order valence-corrected chi connectivity index (χ4v) is 4.92. The molecule has 0 radical (unpaired) electrons. The zero-order valence-corrected chi connectivity index (χ0v) is 13.7. The Labute approximate surface area is 128 Å². The number of piperidine rings is 1. The molecule has 1 aliphatic heterocycles. The molecule has 3 heteroatoms. The van der Waals surface area contributed by atoms with Crippen LogP contribution >= 0.6 is 0 Å². The molecule has 3 unspecified atom stereocenters. The molecule has 0 aromatic heterocycles. The summed E-state index contributed by atoms with van der Waals surface area (Å²) in [6, 6.07) is 4.91. The van der Waals surface area contributed by atoms with Crippen LogP contribution in [0.1, 0.15) is 50.2 Å². The second kappa shape index (κ2) is 5.20. The average molecular weight is 287 g/mol. The van der Waals surface area contributed by atoms with E-state index in [1.807, 2.05) is 0 Å². The average Bonchev–Trinajstić information content (AvgIpc) is 2.47. The molecule has 116 valence electrons. The molecule has 3 atom stereocenters. The van der Waals surface area contributed by atoms with Gasteiger partial charge in [0.1, 0.15) is 0 Å². The number of nitrogens with two attached hydrogens (primary N) is 2. The van der Waals surface area contributed by atoms with E-state index in [2.05, 4.69) is 37.9 Å². The Hall–Kier alpha value is -1.22. The van der Waals surface area contributed by atoms with E-state index in [9.17, 15) is 0 Å². The van der Waals surface area contributed by atoms with Crippen LogP contribution in [0.5, 0.6) is 0 Å². The fourth-order valence-electron chi connectivity index (χ4n) is 4.92. The predicted octanol–water partition coefficient (Wildman–Crippen LogP) is 3.31. The van der Waals surface area contributed by atoms with Gasteiger partial charge < -0.3 is 16.4 Å². The lowest BCUT2D eigenvalue weighted by Crippen LogP contribution is -2.55. The Bertz CT molecular complexity index is 540. The number of nitrogens with zero attached hydrogens (tertiary/aromatic N) is 1. The van der Waals surface area contributed by atoms with E-state index in [1.54, 1.807) is 0 Å². The van der Waals surface area contributed by atoms with Crippen LogP contribution in [0.25, 0.3) is 0 Å². The molecule has 2 aliphatic rings. The van der Waals surface area contributed by atoms with Crippen LogP contribution in [-0.2, 0) is 5.41 Å². The Morgan fingerprint density at radius 3 is 2.62 bits per heavy atom. The summed E-state index contributed by atoms with van der Waals surface area (Å²) in [6.07, 6.45) is 6.61. The van der Waals surface area contributed by atoms with E-state index in [0.29, 0.717) is 11.5 Å². The molecular formula is C18H29N3. The summed E-state index contributed by atoms with van der Waals surface area (Å²) in [5.41, 5.74) is 16.7. The Morgan fingerprint density at radius 2 is 1.86 bits per heavy atom. The van der Waals surface area contributed by atoms with Gasteiger partial charge in [0.05, 0.1) is 11.4 Å². The van der Waals surface area contributed by atoms with Crippen molar-refractivity contribution in [3.05, 3.63) is 23.3 Å². The molecule has 1 aromatic rings. The van der Waals surface area contributed by atoms with Gasteiger partial charge in [0.15, 0.2) is 0 Å². The van der Waals surface area contributed by atoms with Gasteiger partial charge in [0.2, 0.25) is 0 Å². The minimum atomic E-state index is 0.316. The standard InChI is InChI=1S/C18H29N3/c1-12-10-16(19)17(20)11-15(12)18-7-5-4-6-14(18)13(2)21(3)9-8-18/h10-11,13-14H,4-9,19-20H2,1-3H3. The summed E-state index contributed by atoms with van der Waals surface area (Å²) in [5.74, 6) is 0.742. The van der Waals surface area contributed by atoms with Gasteiger partial charge in [-0.05, 0) is 75.9 Å². The number of hydrogen-bond donors (Lipinski definition) is 2. The van der Waals surface area contributed by atoms with Crippen molar-refractivity contribution in [1.29, 1.82) is 0 Å². The van der Waals surface area contributed by atoms with Gasteiger partial charge in [-0.15, -0.1) is 0 Å². The minimum Gasteiger partial charge on any atom is -0.397 e. The minimum absolute atomic E-state index is 0.316. The van der Waals surface area contributed by atoms with Crippen LogP contribution in [0, 0.1) is 12.8 Å². The van der Waals surface area contributed by atoms with Gasteiger partial charge in [-0.25, -0.2) is 0 Å². The van der Waals surface area contributed by atoms with Gasteiger partial charge in [-0.3, -0.25) is 0 Å². The van der Waals surface area contributed by atoms with Crippen LogP contribution < -0.4 is 11.5 Å². The third-order valence-electron chi connectivity index (χ3n) is 6.25. The van der Waals surface area contributed by atoms with Crippen molar-refractivity contribution in [2.45, 2.75) is 57.4 Å². The van der Waals surface area contributed by atoms with E-state index in [1.165, 1.54) is 49.8 Å². The summed E-state index contributed by atoms with van der Waals surface area (Å²) in [7, 11) is 2.27. The van der Waals surface area contributed by atoms with Gasteiger partial charge >= 0.3 is 0 Å². The third kappa shape index (κ3) is 2.22. The molecule has 0 amide bonds. The highest BCUT2D eigenvalue weighted by Crippen LogP contribution is 2.52. The number of fused-ring (bicyclic) bond motifs is 1. The molecule has 0 bridgehead atoms. The van der Waals surface area contributed by atoms with Crippen LogP contribution in [-0.4, -0.2) is 24.5 Å². The number of aryl methyl sites for hydroxylation is 1. The number of rotatable bonds is 1. The maximum atomic E-state index is 6.14. The molecule has 2 fully saturated rings. The molecule has 4 N–H and O–H groups in total. The van der Waals surface area contributed by atoms with Crippen molar-refractivity contribution in [1.82, 2.24) is 4.90 Å². The van der Waals surface area contributed by atoms with Crippen molar-refractivity contribution in [3.63, 3.8) is 0 Å². The van der Waals surface area contributed by atoms with Crippen molar-refractivity contribution < 1.29 is 0 Å². The van der Waals surface area contributed by atoms with E-state index in [4.69, 9.17) is 11.5 Å². The zero-order chi connectivity index (χ0) is 15.2. The smallest absolute Gasteiger partial charge is 0.0550 e.